The Morgan fingerprint density at radius 2 is 1.95 bits per heavy atom. The van der Waals surface area contributed by atoms with Gasteiger partial charge in [-0.25, -0.2) is 0 Å². The van der Waals surface area contributed by atoms with E-state index in [2.05, 4.69) is 24.3 Å². The SMILES string of the molecule is CC(=NO)c1ccc(OC[C@@H](O)C[NH2+]C(C)C)cc1. The third-order valence-electron chi connectivity index (χ3n) is 2.74. The smallest absolute Gasteiger partial charge is 0.137 e. The highest BCUT2D eigenvalue weighted by atomic mass is 16.5. The van der Waals surface area contributed by atoms with Gasteiger partial charge < -0.3 is 20.4 Å². The molecule has 1 aromatic carbocycles. The van der Waals surface area contributed by atoms with Gasteiger partial charge in [0.1, 0.15) is 25.0 Å². The first-order valence-corrected chi connectivity index (χ1v) is 6.46. The summed E-state index contributed by atoms with van der Waals surface area (Å²) in [5, 5.41) is 23.6. The molecule has 5 heteroatoms. The van der Waals surface area contributed by atoms with Crippen molar-refractivity contribution in [3.63, 3.8) is 0 Å². The largest absolute Gasteiger partial charge is 0.491 e. The average molecular weight is 267 g/mol. The lowest BCUT2D eigenvalue weighted by Gasteiger charge is -2.13. The van der Waals surface area contributed by atoms with Gasteiger partial charge in [-0.3, -0.25) is 0 Å². The zero-order valence-electron chi connectivity index (χ0n) is 11.7. The van der Waals surface area contributed by atoms with Crippen molar-refractivity contribution in [3.05, 3.63) is 29.8 Å². The fourth-order valence-corrected chi connectivity index (χ4v) is 1.54. The second-order valence-corrected chi connectivity index (χ2v) is 4.89. The second kappa shape index (κ2) is 7.76. The van der Waals surface area contributed by atoms with E-state index in [0.29, 0.717) is 24.0 Å². The molecule has 0 aliphatic carbocycles. The van der Waals surface area contributed by atoms with Gasteiger partial charge in [0.05, 0.1) is 11.8 Å². The van der Waals surface area contributed by atoms with Crippen LogP contribution in [0.2, 0.25) is 0 Å². The number of benzene rings is 1. The van der Waals surface area contributed by atoms with Gasteiger partial charge in [0.25, 0.3) is 0 Å². The molecule has 106 valence electrons. The molecule has 0 radical (unpaired) electrons. The van der Waals surface area contributed by atoms with Gasteiger partial charge in [-0.15, -0.1) is 0 Å². The minimum absolute atomic E-state index is 0.273. The molecule has 0 saturated carbocycles. The maximum absolute atomic E-state index is 9.73. The van der Waals surface area contributed by atoms with Crippen LogP contribution in [0.15, 0.2) is 29.4 Å². The monoisotopic (exact) mass is 267 g/mol. The Morgan fingerprint density at radius 3 is 2.47 bits per heavy atom. The molecule has 0 fully saturated rings. The average Bonchev–Trinajstić information content (AvgIpc) is 2.42. The van der Waals surface area contributed by atoms with Crippen molar-refractivity contribution in [2.75, 3.05) is 13.2 Å². The number of aliphatic hydroxyl groups is 1. The Bertz CT molecular complexity index is 402. The molecule has 5 nitrogen and oxygen atoms in total. The molecule has 0 amide bonds. The van der Waals surface area contributed by atoms with Gasteiger partial charge >= 0.3 is 0 Å². The fraction of sp³-hybridized carbons (Fsp3) is 0.500. The van der Waals surface area contributed by atoms with Crippen LogP contribution in [0.5, 0.6) is 5.75 Å². The normalized spacial score (nSPS) is 13.6. The minimum atomic E-state index is -0.484. The number of oxime groups is 1. The predicted octanol–water partition coefficient (Wildman–Crippen LogP) is 0.596. The Hall–Kier alpha value is -1.59. The van der Waals surface area contributed by atoms with Crippen molar-refractivity contribution in [1.82, 2.24) is 0 Å². The van der Waals surface area contributed by atoms with E-state index in [1.165, 1.54) is 0 Å². The summed E-state index contributed by atoms with van der Waals surface area (Å²) in [5.41, 5.74) is 1.39. The van der Waals surface area contributed by atoms with Crippen LogP contribution < -0.4 is 10.1 Å². The number of nitrogens with two attached hydrogens (primary N) is 1. The molecular weight excluding hydrogens is 244 g/mol. The first-order chi connectivity index (χ1) is 9.02. The van der Waals surface area contributed by atoms with E-state index in [9.17, 15) is 5.11 Å². The van der Waals surface area contributed by atoms with E-state index in [-0.39, 0.29) is 6.61 Å². The zero-order chi connectivity index (χ0) is 14.3. The summed E-state index contributed by atoms with van der Waals surface area (Å²) in [6.45, 7) is 6.79. The Kier molecular flexibility index (Phi) is 6.32. The number of rotatable bonds is 7. The van der Waals surface area contributed by atoms with E-state index in [4.69, 9.17) is 9.94 Å². The maximum atomic E-state index is 9.73. The van der Waals surface area contributed by atoms with Crippen molar-refractivity contribution in [3.8, 4) is 5.75 Å². The highest BCUT2D eigenvalue weighted by Crippen LogP contribution is 2.13. The summed E-state index contributed by atoms with van der Waals surface area (Å²) < 4.78 is 5.50. The zero-order valence-corrected chi connectivity index (χ0v) is 11.7. The van der Waals surface area contributed by atoms with E-state index < -0.39 is 6.10 Å². The summed E-state index contributed by atoms with van der Waals surface area (Å²) in [4.78, 5) is 0. The van der Waals surface area contributed by atoms with Crippen LogP contribution in [0.4, 0.5) is 0 Å². The van der Waals surface area contributed by atoms with Crippen molar-refractivity contribution >= 4 is 5.71 Å². The molecule has 0 aliphatic heterocycles. The molecular formula is C14H23N2O3+. The van der Waals surface area contributed by atoms with Gasteiger partial charge in [-0.2, -0.15) is 0 Å². The van der Waals surface area contributed by atoms with Crippen LogP contribution in [0.1, 0.15) is 26.3 Å². The quantitative estimate of drug-likeness (QED) is 0.384. The predicted molar refractivity (Wildman–Crippen MR) is 73.9 cm³/mol. The first-order valence-electron chi connectivity index (χ1n) is 6.46. The molecule has 0 aromatic heterocycles. The van der Waals surface area contributed by atoms with Crippen LogP contribution in [-0.2, 0) is 0 Å². The molecule has 4 N–H and O–H groups in total. The summed E-state index contributed by atoms with van der Waals surface area (Å²) in [5.74, 6) is 0.693. The van der Waals surface area contributed by atoms with E-state index in [1.54, 1.807) is 19.1 Å². The highest BCUT2D eigenvalue weighted by Gasteiger charge is 2.08. The second-order valence-electron chi connectivity index (χ2n) is 4.89. The summed E-state index contributed by atoms with van der Waals surface area (Å²) in [6.07, 6.45) is -0.484. The number of hydrogen-bond donors (Lipinski definition) is 3. The van der Waals surface area contributed by atoms with Crippen molar-refractivity contribution in [2.45, 2.75) is 32.9 Å². The number of aliphatic hydroxyl groups excluding tert-OH is 1. The topological polar surface area (TPSA) is 78.7 Å². The molecule has 0 saturated heterocycles. The van der Waals surface area contributed by atoms with E-state index in [0.717, 1.165) is 5.56 Å². The van der Waals surface area contributed by atoms with Gasteiger partial charge in [-0.1, -0.05) is 5.16 Å². The van der Waals surface area contributed by atoms with Gasteiger partial charge in [0.15, 0.2) is 0 Å². The minimum Gasteiger partial charge on any atom is -0.491 e. The van der Waals surface area contributed by atoms with Crippen LogP contribution in [0.3, 0.4) is 0 Å². The van der Waals surface area contributed by atoms with Gasteiger partial charge in [0, 0.05) is 0 Å². The number of ether oxygens (including phenoxy) is 1. The van der Waals surface area contributed by atoms with Crippen LogP contribution >= 0.6 is 0 Å². The Balaban J connectivity index is 2.41. The molecule has 0 bridgehead atoms. The molecule has 1 aromatic rings. The highest BCUT2D eigenvalue weighted by molar-refractivity contribution is 5.98. The molecule has 0 heterocycles. The molecule has 0 aliphatic rings. The molecule has 0 spiro atoms. The van der Waals surface area contributed by atoms with Crippen molar-refractivity contribution in [2.24, 2.45) is 5.16 Å². The number of quaternary nitrogens is 1. The van der Waals surface area contributed by atoms with Crippen LogP contribution in [0.25, 0.3) is 0 Å². The summed E-state index contributed by atoms with van der Waals surface area (Å²) in [7, 11) is 0. The van der Waals surface area contributed by atoms with Gasteiger partial charge in [0.2, 0.25) is 0 Å². The molecule has 1 atom stereocenters. The summed E-state index contributed by atoms with van der Waals surface area (Å²) >= 11 is 0. The Labute approximate surface area is 113 Å². The molecule has 0 unspecified atom stereocenters. The van der Waals surface area contributed by atoms with Crippen molar-refractivity contribution < 1.29 is 20.4 Å². The van der Waals surface area contributed by atoms with Crippen LogP contribution in [-0.4, -0.2) is 41.3 Å². The third kappa shape index (κ3) is 5.72. The van der Waals surface area contributed by atoms with E-state index in [1.807, 2.05) is 12.1 Å². The Morgan fingerprint density at radius 1 is 1.32 bits per heavy atom. The lowest BCUT2D eigenvalue weighted by atomic mass is 10.1. The standard InChI is InChI=1S/C14H22N2O3/c1-10(2)15-8-13(17)9-19-14-6-4-12(5-7-14)11(3)16-18/h4-7,10,13,15,17-18H,8-9H2,1-3H3/p+1/t13-/m0/s1. The van der Waals surface area contributed by atoms with Gasteiger partial charge in [-0.05, 0) is 50.6 Å². The van der Waals surface area contributed by atoms with Crippen LogP contribution in [0, 0.1) is 0 Å². The number of nitrogens with zero attached hydrogens (tertiary/aromatic N) is 1. The first kappa shape index (κ1) is 15.5. The lowest BCUT2D eigenvalue weighted by Crippen LogP contribution is -2.90. The maximum Gasteiger partial charge on any atom is 0.137 e. The molecule has 1 rings (SSSR count). The third-order valence-corrected chi connectivity index (χ3v) is 2.74. The van der Waals surface area contributed by atoms with Crippen molar-refractivity contribution in [1.29, 1.82) is 0 Å². The molecule has 19 heavy (non-hydrogen) atoms. The van der Waals surface area contributed by atoms with E-state index >= 15 is 0 Å². The lowest BCUT2D eigenvalue weighted by molar-refractivity contribution is -0.688. The summed E-state index contributed by atoms with van der Waals surface area (Å²) in [6, 6.07) is 7.69. The number of hydrogen-bond acceptors (Lipinski definition) is 4. The fourth-order valence-electron chi connectivity index (χ4n) is 1.54.